The van der Waals surface area contributed by atoms with Gasteiger partial charge in [0.25, 0.3) is 0 Å². The monoisotopic (exact) mass is 412 g/mol. The molecule has 5 N–H and O–H groups in total. The van der Waals surface area contributed by atoms with Crippen molar-refractivity contribution >= 4 is 23.7 Å². The van der Waals surface area contributed by atoms with Crippen molar-refractivity contribution in [2.75, 3.05) is 19.7 Å². The minimum Gasteiger partial charge on any atom is -0.480 e. The highest BCUT2D eigenvalue weighted by molar-refractivity contribution is 5.94. The molecule has 0 aliphatic carbocycles. The molecule has 2 saturated heterocycles. The van der Waals surface area contributed by atoms with Crippen molar-refractivity contribution in [3.63, 3.8) is 0 Å². The minimum absolute atomic E-state index is 0.197. The van der Waals surface area contributed by atoms with Crippen molar-refractivity contribution in [3.05, 3.63) is 0 Å². The Morgan fingerprint density at radius 3 is 2.21 bits per heavy atom. The Labute approximate surface area is 170 Å². The topological polar surface area (TPSA) is 153 Å². The third kappa shape index (κ3) is 5.45. The molecule has 10 heteroatoms. The van der Waals surface area contributed by atoms with Crippen LogP contribution in [0.4, 0.5) is 0 Å². The number of nitrogens with two attached hydrogens (primary N) is 1. The largest absolute Gasteiger partial charge is 0.480 e. The van der Waals surface area contributed by atoms with Crippen molar-refractivity contribution < 1.29 is 29.4 Å². The summed E-state index contributed by atoms with van der Waals surface area (Å²) in [4.78, 5) is 52.2. The van der Waals surface area contributed by atoms with Crippen LogP contribution in [0.25, 0.3) is 0 Å². The van der Waals surface area contributed by atoms with Gasteiger partial charge in [-0.05, 0) is 38.0 Å². The van der Waals surface area contributed by atoms with Crippen LogP contribution in [0.2, 0.25) is 0 Å². The Morgan fingerprint density at radius 1 is 1.07 bits per heavy atom. The van der Waals surface area contributed by atoms with Crippen LogP contribution in [-0.2, 0) is 19.2 Å². The zero-order chi connectivity index (χ0) is 21.7. The van der Waals surface area contributed by atoms with Gasteiger partial charge in [-0.15, -0.1) is 0 Å². The number of carboxylic acids is 1. The predicted octanol–water partition coefficient (Wildman–Crippen LogP) is -1.10. The quantitative estimate of drug-likeness (QED) is 0.395. The summed E-state index contributed by atoms with van der Waals surface area (Å²) < 4.78 is 0. The van der Waals surface area contributed by atoms with Gasteiger partial charge in [-0.25, -0.2) is 4.79 Å². The molecule has 2 fully saturated rings. The molecule has 4 atom stereocenters. The molecule has 4 unspecified atom stereocenters. The van der Waals surface area contributed by atoms with Crippen molar-refractivity contribution in [2.24, 2.45) is 11.7 Å². The first-order chi connectivity index (χ1) is 13.7. The highest BCUT2D eigenvalue weighted by Gasteiger charge is 2.43. The van der Waals surface area contributed by atoms with E-state index in [0.29, 0.717) is 45.2 Å². The van der Waals surface area contributed by atoms with Gasteiger partial charge in [0, 0.05) is 13.1 Å². The second-order valence-corrected chi connectivity index (χ2v) is 8.20. The fourth-order valence-electron chi connectivity index (χ4n) is 4.05. The predicted molar refractivity (Wildman–Crippen MR) is 104 cm³/mol. The first-order valence-electron chi connectivity index (χ1n) is 10.2. The van der Waals surface area contributed by atoms with Gasteiger partial charge in [-0.3, -0.25) is 14.4 Å². The summed E-state index contributed by atoms with van der Waals surface area (Å²) in [5, 5.41) is 21.4. The molecule has 0 aromatic heterocycles. The third-order valence-corrected chi connectivity index (χ3v) is 5.50. The molecule has 0 bridgehead atoms. The lowest BCUT2D eigenvalue weighted by atomic mass is 10.0. The summed E-state index contributed by atoms with van der Waals surface area (Å²) in [5.41, 5.74) is 5.84. The van der Waals surface area contributed by atoms with Crippen LogP contribution < -0.4 is 11.1 Å². The molecule has 0 aromatic carbocycles. The number of likely N-dealkylation sites (tertiary alicyclic amines) is 2. The molecule has 2 aliphatic rings. The lowest BCUT2D eigenvalue weighted by Gasteiger charge is -2.32. The summed E-state index contributed by atoms with van der Waals surface area (Å²) in [6, 6.07) is -3.64. The van der Waals surface area contributed by atoms with Crippen LogP contribution in [0.1, 0.15) is 46.0 Å². The molecule has 2 aliphatic heterocycles. The standard InChI is InChI=1S/C19H32N4O6/c1-11(2)9-12(20)16(25)21-13(10-24)17(26)22-7-3-5-14(22)18(27)23-8-4-6-15(23)19(28)29/h11-15,24H,3-10,20H2,1-2H3,(H,21,25)(H,28,29). The molecule has 0 spiro atoms. The first kappa shape index (κ1) is 23.1. The van der Waals surface area contributed by atoms with Crippen LogP contribution in [0.5, 0.6) is 0 Å². The van der Waals surface area contributed by atoms with Crippen LogP contribution in [0.3, 0.4) is 0 Å². The number of rotatable bonds is 8. The smallest absolute Gasteiger partial charge is 0.326 e. The number of aliphatic carboxylic acids is 1. The molecule has 10 nitrogen and oxygen atoms in total. The summed E-state index contributed by atoms with van der Waals surface area (Å²) in [5.74, 6) is -2.33. The van der Waals surface area contributed by atoms with Gasteiger partial charge in [-0.1, -0.05) is 13.8 Å². The van der Waals surface area contributed by atoms with Crippen molar-refractivity contribution in [1.29, 1.82) is 0 Å². The summed E-state index contributed by atoms with van der Waals surface area (Å²) in [6.45, 7) is 3.89. The molecule has 2 heterocycles. The van der Waals surface area contributed by atoms with Gasteiger partial charge >= 0.3 is 5.97 Å². The third-order valence-electron chi connectivity index (χ3n) is 5.50. The minimum atomic E-state index is -1.19. The number of amides is 3. The highest BCUT2D eigenvalue weighted by atomic mass is 16.4. The van der Waals surface area contributed by atoms with Crippen molar-refractivity contribution in [2.45, 2.75) is 70.1 Å². The molecular formula is C19H32N4O6. The van der Waals surface area contributed by atoms with Gasteiger partial charge in [0.2, 0.25) is 17.7 Å². The van der Waals surface area contributed by atoms with E-state index in [0.717, 1.165) is 0 Å². The van der Waals surface area contributed by atoms with Gasteiger partial charge < -0.3 is 31.1 Å². The van der Waals surface area contributed by atoms with Crippen molar-refractivity contribution in [3.8, 4) is 0 Å². The Morgan fingerprint density at radius 2 is 1.66 bits per heavy atom. The number of aliphatic hydroxyl groups excluding tert-OH is 1. The van der Waals surface area contributed by atoms with E-state index in [1.54, 1.807) is 0 Å². The maximum Gasteiger partial charge on any atom is 0.326 e. The van der Waals surface area contributed by atoms with E-state index in [2.05, 4.69) is 5.32 Å². The van der Waals surface area contributed by atoms with Gasteiger partial charge in [0.15, 0.2) is 0 Å². The molecule has 29 heavy (non-hydrogen) atoms. The summed E-state index contributed by atoms with van der Waals surface area (Å²) >= 11 is 0. The molecule has 0 aromatic rings. The molecule has 0 radical (unpaired) electrons. The van der Waals surface area contributed by atoms with Gasteiger partial charge in [-0.2, -0.15) is 0 Å². The second kappa shape index (κ2) is 10.0. The van der Waals surface area contributed by atoms with E-state index < -0.39 is 48.6 Å². The van der Waals surface area contributed by atoms with Gasteiger partial charge in [0.1, 0.15) is 18.1 Å². The highest BCUT2D eigenvalue weighted by Crippen LogP contribution is 2.25. The summed E-state index contributed by atoms with van der Waals surface area (Å²) in [7, 11) is 0. The maximum absolute atomic E-state index is 12.9. The van der Waals surface area contributed by atoms with E-state index in [4.69, 9.17) is 5.73 Å². The van der Waals surface area contributed by atoms with E-state index in [-0.39, 0.29) is 11.8 Å². The average molecular weight is 412 g/mol. The number of carboxylic acid groups (broad SMARTS) is 1. The van der Waals surface area contributed by atoms with Gasteiger partial charge in [0.05, 0.1) is 12.6 Å². The van der Waals surface area contributed by atoms with E-state index in [1.165, 1.54) is 9.80 Å². The van der Waals surface area contributed by atoms with E-state index >= 15 is 0 Å². The van der Waals surface area contributed by atoms with Crippen LogP contribution in [0, 0.1) is 5.92 Å². The van der Waals surface area contributed by atoms with Crippen LogP contribution in [-0.4, -0.2) is 87.6 Å². The number of nitrogens with one attached hydrogen (secondary N) is 1. The molecular weight excluding hydrogens is 380 g/mol. The zero-order valence-electron chi connectivity index (χ0n) is 17.0. The van der Waals surface area contributed by atoms with Crippen LogP contribution in [0.15, 0.2) is 0 Å². The molecule has 0 saturated carbocycles. The molecule has 2 rings (SSSR count). The maximum atomic E-state index is 12.9. The first-order valence-corrected chi connectivity index (χ1v) is 10.2. The normalized spacial score (nSPS) is 23.9. The number of carbonyl (C=O) groups is 4. The lowest BCUT2D eigenvalue weighted by molar-refractivity contribution is -0.152. The molecule has 164 valence electrons. The summed E-state index contributed by atoms with van der Waals surface area (Å²) in [6.07, 6.45) is 2.45. The molecule has 3 amide bonds. The van der Waals surface area contributed by atoms with E-state index in [1.807, 2.05) is 13.8 Å². The number of nitrogens with zero attached hydrogens (tertiary/aromatic N) is 2. The Hall–Kier alpha value is -2.20. The van der Waals surface area contributed by atoms with Crippen molar-refractivity contribution in [1.82, 2.24) is 15.1 Å². The average Bonchev–Trinajstić information content (AvgIpc) is 3.33. The SMILES string of the molecule is CC(C)CC(N)C(=O)NC(CO)C(=O)N1CCCC1C(=O)N1CCCC1C(=O)O. The lowest BCUT2D eigenvalue weighted by Crippen LogP contribution is -2.57. The Balaban J connectivity index is 2.06. The zero-order valence-corrected chi connectivity index (χ0v) is 17.0. The number of aliphatic hydroxyl groups is 1. The Kier molecular flexibility index (Phi) is 7.97. The number of hydrogen-bond acceptors (Lipinski definition) is 6. The fraction of sp³-hybridized carbons (Fsp3) is 0.789. The second-order valence-electron chi connectivity index (χ2n) is 8.20. The number of carbonyl (C=O) groups excluding carboxylic acids is 3. The Bertz CT molecular complexity index is 640. The van der Waals surface area contributed by atoms with E-state index in [9.17, 15) is 29.4 Å². The fourth-order valence-corrected chi connectivity index (χ4v) is 4.05. The van der Waals surface area contributed by atoms with Crippen LogP contribution >= 0.6 is 0 Å². The number of hydrogen-bond donors (Lipinski definition) is 4.